The number of benzene rings is 2. The van der Waals surface area contributed by atoms with Crippen molar-refractivity contribution < 1.29 is 8.42 Å². The number of sulfone groups is 1. The van der Waals surface area contributed by atoms with Crippen molar-refractivity contribution in [1.29, 1.82) is 0 Å². The fraction of sp³-hybridized carbons (Fsp3) is 0.0769. The Hall–Kier alpha value is -0.940. The molecule has 7 heteroatoms. The lowest BCUT2D eigenvalue weighted by molar-refractivity contribution is 0.595. The van der Waals surface area contributed by atoms with Crippen LogP contribution in [-0.4, -0.2) is 8.42 Å². The Morgan fingerprint density at radius 1 is 1.00 bits per heavy atom. The number of halogens is 3. The van der Waals surface area contributed by atoms with E-state index >= 15 is 0 Å². The molecule has 20 heavy (non-hydrogen) atoms. The average Bonchev–Trinajstić information content (AvgIpc) is 2.32. The Balaban J connectivity index is 2.46. The summed E-state index contributed by atoms with van der Waals surface area (Å²) < 4.78 is 24.8. The average molecular weight is 351 g/mol. The first-order chi connectivity index (χ1) is 9.31. The van der Waals surface area contributed by atoms with Gasteiger partial charge >= 0.3 is 0 Å². The molecule has 0 aliphatic carbocycles. The molecule has 106 valence electrons. The largest absolute Gasteiger partial charge is 0.398 e. The Morgan fingerprint density at radius 2 is 1.70 bits per heavy atom. The maximum absolute atomic E-state index is 12.4. The molecular weight excluding hydrogens is 341 g/mol. The smallest absolute Gasteiger partial charge is 0.186 e. The van der Waals surface area contributed by atoms with Crippen molar-refractivity contribution in [3.05, 3.63) is 57.0 Å². The van der Waals surface area contributed by atoms with E-state index in [1.165, 1.54) is 18.2 Å². The van der Waals surface area contributed by atoms with E-state index in [0.29, 0.717) is 10.6 Å². The van der Waals surface area contributed by atoms with Crippen LogP contribution in [0, 0.1) is 0 Å². The fourth-order valence-electron chi connectivity index (χ4n) is 1.77. The molecule has 0 aliphatic heterocycles. The first kappa shape index (κ1) is 15.4. The van der Waals surface area contributed by atoms with Gasteiger partial charge < -0.3 is 5.73 Å². The quantitative estimate of drug-likeness (QED) is 0.844. The molecule has 0 atom stereocenters. The molecule has 3 nitrogen and oxygen atoms in total. The second kappa shape index (κ2) is 5.82. The van der Waals surface area contributed by atoms with Crippen LogP contribution in [0.5, 0.6) is 0 Å². The molecule has 0 saturated carbocycles. The topological polar surface area (TPSA) is 60.2 Å². The summed E-state index contributed by atoms with van der Waals surface area (Å²) in [5.74, 6) is -0.295. The van der Waals surface area contributed by atoms with Crippen LogP contribution in [0.2, 0.25) is 15.1 Å². The predicted molar refractivity (Wildman–Crippen MR) is 83.2 cm³/mol. The van der Waals surface area contributed by atoms with Gasteiger partial charge in [0.05, 0.1) is 16.5 Å². The van der Waals surface area contributed by atoms with Crippen molar-refractivity contribution in [2.75, 3.05) is 5.73 Å². The molecule has 2 N–H and O–H groups in total. The summed E-state index contributed by atoms with van der Waals surface area (Å²) in [6.45, 7) is 0. The van der Waals surface area contributed by atoms with Gasteiger partial charge in [0.25, 0.3) is 0 Å². The minimum absolute atomic E-state index is 0.0762. The molecule has 0 fully saturated rings. The first-order valence-corrected chi connectivity index (χ1v) is 8.30. The summed E-state index contributed by atoms with van der Waals surface area (Å²) in [6, 6.07) is 9.19. The number of nitrogen functional groups attached to an aromatic ring is 1. The van der Waals surface area contributed by atoms with E-state index in [-0.39, 0.29) is 26.4 Å². The maximum atomic E-state index is 12.4. The normalized spacial score (nSPS) is 11.6. The third kappa shape index (κ3) is 3.20. The van der Waals surface area contributed by atoms with Crippen molar-refractivity contribution in [2.24, 2.45) is 0 Å². The highest BCUT2D eigenvalue weighted by molar-refractivity contribution is 7.91. The van der Waals surface area contributed by atoms with Gasteiger partial charge in [-0.1, -0.05) is 46.9 Å². The molecule has 2 aromatic rings. The molecule has 0 radical (unpaired) electrons. The van der Waals surface area contributed by atoms with Gasteiger partial charge in [-0.05, 0) is 29.8 Å². The second-order valence-corrected chi connectivity index (χ2v) is 7.33. The molecule has 2 rings (SSSR count). The lowest BCUT2D eigenvalue weighted by atomic mass is 10.2. The maximum Gasteiger partial charge on any atom is 0.186 e. The summed E-state index contributed by atoms with van der Waals surface area (Å²) in [4.78, 5) is -0.0762. The van der Waals surface area contributed by atoms with Crippen molar-refractivity contribution in [3.63, 3.8) is 0 Å². The molecule has 0 heterocycles. The Morgan fingerprint density at radius 3 is 2.30 bits per heavy atom. The van der Waals surface area contributed by atoms with E-state index < -0.39 is 9.84 Å². The number of anilines is 1. The highest BCUT2D eigenvalue weighted by atomic mass is 35.5. The van der Waals surface area contributed by atoms with Crippen molar-refractivity contribution in [1.82, 2.24) is 0 Å². The Kier molecular flexibility index (Phi) is 4.49. The highest BCUT2D eigenvalue weighted by Gasteiger charge is 2.22. The minimum atomic E-state index is -3.69. The van der Waals surface area contributed by atoms with E-state index in [2.05, 4.69) is 0 Å². The van der Waals surface area contributed by atoms with Gasteiger partial charge in [-0.3, -0.25) is 0 Å². The lowest BCUT2D eigenvalue weighted by Crippen LogP contribution is -2.09. The zero-order valence-corrected chi connectivity index (χ0v) is 13.2. The van der Waals surface area contributed by atoms with Gasteiger partial charge in [0.2, 0.25) is 0 Å². The van der Waals surface area contributed by atoms with Crippen molar-refractivity contribution >= 4 is 50.3 Å². The van der Waals surface area contributed by atoms with E-state index in [0.717, 1.165) is 0 Å². The van der Waals surface area contributed by atoms with Crippen LogP contribution in [0.3, 0.4) is 0 Å². The first-order valence-electron chi connectivity index (χ1n) is 5.52. The zero-order chi connectivity index (χ0) is 14.9. The number of hydrogen-bond donors (Lipinski definition) is 1. The monoisotopic (exact) mass is 349 g/mol. The zero-order valence-electron chi connectivity index (χ0n) is 10.1. The summed E-state index contributed by atoms with van der Waals surface area (Å²) >= 11 is 17.7. The van der Waals surface area contributed by atoms with Crippen LogP contribution in [0.1, 0.15) is 5.56 Å². The van der Waals surface area contributed by atoms with Crippen LogP contribution in [0.25, 0.3) is 0 Å². The molecule has 2 aromatic carbocycles. The number of rotatable bonds is 3. The van der Waals surface area contributed by atoms with Crippen LogP contribution >= 0.6 is 34.8 Å². The highest BCUT2D eigenvalue weighted by Crippen LogP contribution is 2.31. The molecule has 0 aromatic heterocycles. The van der Waals surface area contributed by atoms with Gasteiger partial charge in [0.1, 0.15) is 4.90 Å². The van der Waals surface area contributed by atoms with Gasteiger partial charge in [0.15, 0.2) is 9.84 Å². The molecular formula is C13H10Cl3NO2S. The third-order valence-corrected chi connectivity index (χ3v) is 5.45. The molecule has 0 aliphatic rings. The summed E-state index contributed by atoms with van der Waals surface area (Å²) in [6.07, 6.45) is 0. The van der Waals surface area contributed by atoms with Gasteiger partial charge in [-0.15, -0.1) is 0 Å². The summed E-state index contributed by atoms with van der Waals surface area (Å²) in [5.41, 5.74) is 6.26. The van der Waals surface area contributed by atoms with Gasteiger partial charge in [0, 0.05) is 10.0 Å². The molecule has 0 bridgehead atoms. The van der Waals surface area contributed by atoms with E-state index in [9.17, 15) is 8.42 Å². The minimum Gasteiger partial charge on any atom is -0.398 e. The van der Waals surface area contributed by atoms with Crippen LogP contribution in [0.15, 0.2) is 41.3 Å². The fourth-order valence-corrected chi connectivity index (χ4v) is 4.46. The van der Waals surface area contributed by atoms with Crippen molar-refractivity contribution in [2.45, 2.75) is 10.6 Å². The number of hydrogen-bond acceptors (Lipinski definition) is 3. The van der Waals surface area contributed by atoms with Gasteiger partial charge in [-0.2, -0.15) is 0 Å². The molecule has 0 unspecified atom stereocenters. The van der Waals surface area contributed by atoms with Crippen LogP contribution in [-0.2, 0) is 15.6 Å². The van der Waals surface area contributed by atoms with Crippen LogP contribution in [0.4, 0.5) is 5.69 Å². The third-order valence-electron chi connectivity index (χ3n) is 2.67. The summed E-state index contributed by atoms with van der Waals surface area (Å²) in [5, 5.41) is 0.815. The van der Waals surface area contributed by atoms with Gasteiger partial charge in [-0.25, -0.2) is 8.42 Å². The van der Waals surface area contributed by atoms with Crippen molar-refractivity contribution in [3.8, 4) is 0 Å². The Bertz CT molecular complexity index is 740. The SMILES string of the molecule is Nc1cccc(Cl)c1S(=O)(=O)Cc1ccc(Cl)cc1Cl. The standard InChI is InChI=1S/C13H10Cl3NO2S/c14-9-5-4-8(11(16)6-9)7-20(18,19)13-10(15)2-1-3-12(13)17/h1-6H,7,17H2. The van der Waals surface area contributed by atoms with Crippen LogP contribution < -0.4 is 5.73 Å². The summed E-state index contributed by atoms with van der Waals surface area (Å²) in [7, 11) is -3.69. The Labute approximate surface area is 132 Å². The molecule has 0 saturated heterocycles. The molecule has 0 spiro atoms. The number of nitrogens with two attached hydrogens (primary N) is 1. The van der Waals surface area contributed by atoms with E-state index in [1.807, 2.05) is 0 Å². The second-order valence-electron chi connectivity index (χ2n) is 4.15. The predicted octanol–water partition coefficient (Wildman–Crippen LogP) is 4.20. The lowest BCUT2D eigenvalue weighted by Gasteiger charge is -2.10. The molecule has 0 amide bonds. The van der Waals surface area contributed by atoms with E-state index in [4.69, 9.17) is 40.5 Å². The van der Waals surface area contributed by atoms with E-state index in [1.54, 1.807) is 18.2 Å².